The molecule has 0 spiro atoms. The van der Waals surface area contributed by atoms with E-state index in [-0.39, 0.29) is 0 Å². The smallest absolute Gasteiger partial charge is 0.166 e. The minimum atomic E-state index is 0.460. The highest BCUT2D eigenvalue weighted by Crippen LogP contribution is 2.37. The number of hydrogen-bond acceptors (Lipinski definition) is 2. The molecule has 0 bridgehead atoms. The number of carbonyl (C=O) groups excluding carboxylic acids is 1. The fraction of sp³-hybridized carbons (Fsp3) is 0.400. The molecule has 3 heteroatoms. The van der Waals surface area contributed by atoms with Crippen molar-refractivity contribution in [2.75, 3.05) is 0 Å². The van der Waals surface area contributed by atoms with E-state index < -0.39 is 0 Å². The maximum absolute atomic E-state index is 10.7. The van der Waals surface area contributed by atoms with E-state index in [1.807, 2.05) is 11.5 Å². The largest absolute Gasteiger partial charge is 0.338 e. The molecule has 0 saturated heterocycles. The van der Waals surface area contributed by atoms with Gasteiger partial charge in [0.15, 0.2) is 6.29 Å². The molecule has 3 nitrogen and oxygen atoms in total. The van der Waals surface area contributed by atoms with E-state index in [0.29, 0.717) is 17.3 Å². The Kier molecular flexibility index (Phi) is 1.70. The Hall–Kier alpha value is -1.56. The summed E-state index contributed by atoms with van der Waals surface area (Å²) in [5, 5.41) is 8.77. The minimum Gasteiger partial charge on any atom is -0.338 e. The summed E-state index contributed by atoms with van der Waals surface area (Å²) >= 11 is 0. The first-order chi connectivity index (χ1) is 6.27. The lowest BCUT2D eigenvalue weighted by atomic mass is 10.3. The number of aldehydes is 1. The third kappa shape index (κ3) is 1.15. The highest BCUT2D eigenvalue weighted by Gasteiger charge is 2.27. The van der Waals surface area contributed by atoms with Crippen molar-refractivity contribution in [1.29, 1.82) is 5.26 Å². The molecule has 1 aromatic rings. The number of carbonyl (C=O) groups is 1. The molecule has 0 unspecified atom stereocenters. The Labute approximate surface area is 76.6 Å². The molecule has 1 aromatic heterocycles. The van der Waals surface area contributed by atoms with Gasteiger partial charge in [-0.2, -0.15) is 5.26 Å². The Morgan fingerprint density at radius 3 is 2.85 bits per heavy atom. The Bertz CT molecular complexity index is 394. The van der Waals surface area contributed by atoms with Crippen molar-refractivity contribution in [3.63, 3.8) is 0 Å². The molecule has 13 heavy (non-hydrogen) atoms. The Balaban J connectivity index is 2.57. The summed E-state index contributed by atoms with van der Waals surface area (Å²) in [5.74, 6) is 0. The third-order valence-electron chi connectivity index (χ3n) is 2.47. The minimum absolute atomic E-state index is 0.460. The summed E-state index contributed by atoms with van der Waals surface area (Å²) in [6, 6.07) is 4.22. The van der Waals surface area contributed by atoms with Crippen LogP contribution in [0.5, 0.6) is 0 Å². The van der Waals surface area contributed by atoms with Gasteiger partial charge >= 0.3 is 0 Å². The van der Waals surface area contributed by atoms with Crippen LogP contribution in [-0.4, -0.2) is 10.9 Å². The summed E-state index contributed by atoms with van der Waals surface area (Å²) in [6.07, 6.45) is 3.08. The van der Waals surface area contributed by atoms with Crippen LogP contribution in [0.1, 0.15) is 40.6 Å². The van der Waals surface area contributed by atoms with Crippen molar-refractivity contribution < 1.29 is 4.79 Å². The number of nitrogens with zero attached hydrogens (tertiary/aromatic N) is 2. The highest BCUT2D eigenvalue weighted by molar-refractivity contribution is 5.74. The molecule has 1 aliphatic carbocycles. The van der Waals surface area contributed by atoms with Gasteiger partial charge in [0.1, 0.15) is 6.07 Å². The topological polar surface area (TPSA) is 45.8 Å². The normalized spacial score (nSPS) is 15.4. The van der Waals surface area contributed by atoms with Gasteiger partial charge in [0.25, 0.3) is 0 Å². The number of nitriles is 1. The van der Waals surface area contributed by atoms with Gasteiger partial charge in [0.05, 0.1) is 11.3 Å². The SMILES string of the molecule is Cc1c(C#N)cc(C=O)n1C1CC1. The number of rotatable bonds is 2. The van der Waals surface area contributed by atoms with Gasteiger partial charge in [-0.05, 0) is 25.8 Å². The van der Waals surface area contributed by atoms with E-state index in [0.717, 1.165) is 24.8 Å². The lowest BCUT2D eigenvalue weighted by molar-refractivity contribution is 0.111. The zero-order chi connectivity index (χ0) is 9.42. The van der Waals surface area contributed by atoms with Gasteiger partial charge in [-0.25, -0.2) is 0 Å². The van der Waals surface area contributed by atoms with Gasteiger partial charge < -0.3 is 4.57 Å². The fourth-order valence-corrected chi connectivity index (χ4v) is 1.67. The second-order valence-corrected chi connectivity index (χ2v) is 3.40. The monoisotopic (exact) mass is 174 g/mol. The molecular weight excluding hydrogens is 164 g/mol. The molecule has 0 aromatic carbocycles. The van der Waals surface area contributed by atoms with Crippen LogP contribution in [-0.2, 0) is 0 Å². The summed E-state index contributed by atoms with van der Waals surface area (Å²) in [6.45, 7) is 1.89. The van der Waals surface area contributed by atoms with Gasteiger partial charge in [0.2, 0.25) is 0 Å². The molecule has 0 aliphatic heterocycles. The van der Waals surface area contributed by atoms with E-state index in [9.17, 15) is 4.79 Å². The average molecular weight is 174 g/mol. The van der Waals surface area contributed by atoms with Crippen molar-refractivity contribution in [1.82, 2.24) is 4.57 Å². The zero-order valence-electron chi connectivity index (χ0n) is 7.45. The molecule has 0 N–H and O–H groups in total. The molecule has 66 valence electrons. The molecule has 1 saturated carbocycles. The van der Waals surface area contributed by atoms with Gasteiger partial charge in [-0.1, -0.05) is 0 Å². The Morgan fingerprint density at radius 1 is 1.69 bits per heavy atom. The maximum Gasteiger partial charge on any atom is 0.166 e. The average Bonchev–Trinajstić information content (AvgIpc) is 2.91. The predicted octanol–water partition coefficient (Wildman–Crippen LogP) is 1.82. The molecular formula is C10H10N2O. The predicted molar refractivity (Wildman–Crippen MR) is 47.5 cm³/mol. The third-order valence-corrected chi connectivity index (χ3v) is 2.47. The van der Waals surface area contributed by atoms with Crippen LogP contribution in [0.15, 0.2) is 6.07 Å². The standard InChI is InChI=1S/C10H10N2O/c1-7-8(5-11)4-10(6-13)12(7)9-2-3-9/h4,6,9H,2-3H2,1H3. The molecule has 0 atom stereocenters. The number of aromatic nitrogens is 1. The molecule has 1 heterocycles. The summed E-state index contributed by atoms with van der Waals surface area (Å²) < 4.78 is 1.98. The number of hydrogen-bond donors (Lipinski definition) is 0. The van der Waals surface area contributed by atoms with E-state index in [1.165, 1.54) is 0 Å². The molecule has 0 amide bonds. The zero-order valence-corrected chi connectivity index (χ0v) is 7.45. The van der Waals surface area contributed by atoms with Crippen LogP contribution < -0.4 is 0 Å². The quantitative estimate of drug-likeness (QED) is 0.642. The molecule has 0 radical (unpaired) electrons. The first-order valence-electron chi connectivity index (χ1n) is 4.35. The van der Waals surface area contributed by atoms with Gasteiger partial charge in [-0.15, -0.1) is 0 Å². The van der Waals surface area contributed by atoms with Crippen molar-refractivity contribution >= 4 is 6.29 Å². The Morgan fingerprint density at radius 2 is 2.38 bits per heavy atom. The molecule has 1 aliphatic rings. The molecule has 2 rings (SSSR count). The molecule has 1 fully saturated rings. The lowest BCUT2D eigenvalue weighted by Gasteiger charge is -2.04. The van der Waals surface area contributed by atoms with Crippen molar-refractivity contribution in [3.05, 3.63) is 23.0 Å². The summed E-state index contributed by atoms with van der Waals surface area (Å²) in [7, 11) is 0. The first kappa shape index (κ1) is 8.06. The van der Waals surface area contributed by atoms with Crippen molar-refractivity contribution in [2.24, 2.45) is 0 Å². The van der Waals surface area contributed by atoms with Crippen LogP contribution in [0, 0.1) is 18.3 Å². The summed E-state index contributed by atoms with van der Waals surface area (Å²) in [4.78, 5) is 10.7. The van der Waals surface area contributed by atoms with Crippen LogP contribution >= 0.6 is 0 Å². The second kappa shape index (κ2) is 2.74. The van der Waals surface area contributed by atoms with Gasteiger partial charge in [0, 0.05) is 11.7 Å². The van der Waals surface area contributed by atoms with Crippen LogP contribution in [0.25, 0.3) is 0 Å². The van der Waals surface area contributed by atoms with Crippen LogP contribution in [0.4, 0.5) is 0 Å². The first-order valence-corrected chi connectivity index (χ1v) is 4.35. The maximum atomic E-state index is 10.7. The van der Waals surface area contributed by atoms with Crippen molar-refractivity contribution in [2.45, 2.75) is 25.8 Å². The van der Waals surface area contributed by atoms with Crippen molar-refractivity contribution in [3.8, 4) is 6.07 Å². The van der Waals surface area contributed by atoms with Crippen LogP contribution in [0.2, 0.25) is 0 Å². The lowest BCUT2D eigenvalue weighted by Crippen LogP contribution is -2.01. The van der Waals surface area contributed by atoms with E-state index in [4.69, 9.17) is 5.26 Å². The van der Waals surface area contributed by atoms with E-state index in [2.05, 4.69) is 6.07 Å². The van der Waals surface area contributed by atoms with Gasteiger partial charge in [-0.3, -0.25) is 4.79 Å². The second-order valence-electron chi connectivity index (χ2n) is 3.40. The fourth-order valence-electron chi connectivity index (χ4n) is 1.67. The highest BCUT2D eigenvalue weighted by atomic mass is 16.1. The van der Waals surface area contributed by atoms with E-state index >= 15 is 0 Å². The van der Waals surface area contributed by atoms with E-state index in [1.54, 1.807) is 6.07 Å². The summed E-state index contributed by atoms with van der Waals surface area (Å²) in [5.41, 5.74) is 2.18. The van der Waals surface area contributed by atoms with Crippen LogP contribution in [0.3, 0.4) is 0 Å².